The van der Waals surface area contributed by atoms with E-state index in [1.165, 1.54) is 6.20 Å². The molecule has 1 unspecified atom stereocenters. The van der Waals surface area contributed by atoms with Crippen molar-refractivity contribution in [2.24, 2.45) is 5.92 Å². The summed E-state index contributed by atoms with van der Waals surface area (Å²) in [5, 5.41) is 14.1. The molecule has 7 heteroatoms. The van der Waals surface area contributed by atoms with Gasteiger partial charge in [-0.1, -0.05) is 13.8 Å². The van der Waals surface area contributed by atoms with E-state index in [0.717, 1.165) is 0 Å². The fraction of sp³-hybridized carbons (Fsp3) is 0.500. The van der Waals surface area contributed by atoms with Gasteiger partial charge in [0.15, 0.2) is 0 Å². The average molecular weight is 295 g/mol. The smallest absolute Gasteiger partial charge is 0.319 e. The Kier molecular flexibility index (Phi) is 6.45. The summed E-state index contributed by atoms with van der Waals surface area (Å²) in [6, 6.07) is 2.43. The van der Waals surface area contributed by atoms with Crippen LogP contribution in [-0.2, 0) is 4.79 Å². The Balaban J connectivity index is 2.57. The van der Waals surface area contributed by atoms with Crippen molar-refractivity contribution >= 4 is 17.7 Å². The minimum atomic E-state index is -0.947. The molecule has 1 aromatic rings. The van der Waals surface area contributed by atoms with Crippen molar-refractivity contribution in [2.75, 3.05) is 11.9 Å². The van der Waals surface area contributed by atoms with Gasteiger partial charge >= 0.3 is 12.0 Å². The maximum Gasteiger partial charge on any atom is 0.319 e. The number of nitrogens with zero attached hydrogens (tertiary/aromatic N) is 1. The molecule has 0 spiro atoms. The Morgan fingerprint density at radius 2 is 2.10 bits per heavy atom. The first kappa shape index (κ1) is 16.7. The van der Waals surface area contributed by atoms with Crippen LogP contribution in [-0.4, -0.2) is 34.7 Å². The maximum absolute atomic E-state index is 11.8. The first-order valence-electron chi connectivity index (χ1n) is 6.80. The van der Waals surface area contributed by atoms with Gasteiger partial charge in [-0.05, 0) is 18.9 Å². The highest BCUT2D eigenvalue weighted by atomic mass is 16.5. The minimum absolute atomic E-state index is 0.0188. The third-order valence-corrected chi connectivity index (χ3v) is 2.80. The molecule has 7 nitrogen and oxygen atoms in total. The number of rotatable bonds is 7. The Morgan fingerprint density at radius 1 is 1.38 bits per heavy atom. The van der Waals surface area contributed by atoms with E-state index in [-0.39, 0.29) is 12.3 Å². The van der Waals surface area contributed by atoms with Crippen LogP contribution in [0.2, 0.25) is 0 Å². The number of carbonyl (C=O) groups is 2. The number of carbonyl (C=O) groups excluding carboxylic acids is 1. The molecule has 0 saturated heterocycles. The summed E-state index contributed by atoms with van der Waals surface area (Å²) in [6.45, 7) is 6.08. The highest BCUT2D eigenvalue weighted by Gasteiger charge is 2.19. The van der Waals surface area contributed by atoms with E-state index in [4.69, 9.17) is 9.84 Å². The zero-order chi connectivity index (χ0) is 15.8. The Labute approximate surface area is 123 Å². The molecule has 2 amide bonds. The number of urea groups is 1. The van der Waals surface area contributed by atoms with E-state index >= 15 is 0 Å². The lowest BCUT2D eigenvalue weighted by atomic mass is 10.0. The van der Waals surface area contributed by atoms with Gasteiger partial charge in [-0.2, -0.15) is 0 Å². The number of aliphatic carboxylic acids is 1. The van der Waals surface area contributed by atoms with Crippen LogP contribution >= 0.6 is 0 Å². The van der Waals surface area contributed by atoms with Crippen LogP contribution in [0.4, 0.5) is 10.5 Å². The molecule has 0 saturated carbocycles. The molecular formula is C14H21N3O4. The van der Waals surface area contributed by atoms with Crippen LogP contribution in [0.25, 0.3) is 0 Å². The standard InChI is InChI=1S/C14H21N3O4/c1-4-21-12-6-5-10(8-15-12)16-14(20)17-11(9(2)3)7-13(18)19/h5-6,8-9,11H,4,7H2,1-3H3,(H,18,19)(H2,16,17,20). The quantitative estimate of drug-likeness (QED) is 0.715. The molecule has 116 valence electrons. The van der Waals surface area contributed by atoms with Crippen LogP contribution in [0.3, 0.4) is 0 Å². The third-order valence-electron chi connectivity index (χ3n) is 2.80. The molecule has 0 aliphatic heterocycles. The molecule has 0 aliphatic rings. The molecule has 1 aromatic heterocycles. The van der Waals surface area contributed by atoms with E-state index in [9.17, 15) is 9.59 Å². The highest BCUT2D eigenvalue weighted by Crippen LogP contribution is 2.12. The van der Waals surface area contributed by atoms with E-state index in [0.29, 0.717) is 18.2 Å². The summed E-state index contributed by atoms with van der Waals surface area (Å²) in [4.78, 5) is 26.6. The zero-order valence-electron chi connectivity index (χ0n) is 12.4. The first-order valence-corrected chi connectivity index (χ1v) is 6.80. The Bertz CT molecular complexity index is 474. The van der Waals surface area contributed by atoms with Crippen LogP contribution < -0.4 is 15.4 Å². The summed E-state index contributed by atoms with van der Waals surface area (Å²) in [5.74, 6) is -0.448. The monoisotopic (exact) mass is 295 g/mol. The largest absolute Gasteiger partial charge is 0.481 e. The molecule has 0 radical (unpaired) electrons. The number of amides is 2. The van der Waals surface area contributed by atoms with E-state index < -0.39 is 18.0 Å². The SMILES string of the molecule is CCOc1ccc(NC(=O)NC(CC(=O)O)C(C)C)cn1. The van der Waals surface area contributed by atoms with Gasteiger partial charge in [-0.15, -0.1) is 0 Å². The van der Waals surface area contributed by atoms with Gasteiger partial charge in [0.2, 0.25) is 5.88 Å². The van der Waals surface area contributed by atoms with Crippen molar-refractivity contribution in [3.8, 4) is 5.88 Å². The molecule has 1 atom stereocenters. The molecule has 3 N–H and O–H groups in total. The second kappa shape index (κ2) is 8.08. The second-order valence-electron chi connectivity index (χ2n) is 4.86. The topological polar surface area (TPSA) is 101 Å². The van der Waals surface area contributed by atoms with Crippen molar-refractivity contribution in [3.63, 3.8) is 0 Å². The van der Waals surface area contributed by atoms with Crippen LogP contribution in [0.5, 0.6) is 5.88 Å². The van der Waals surface area contributed by atoms with Crippen LogP contribution in [0, 0.1) is 5.92 Å². The van der Waals surface area contributed by atoms with Crippen molar-refractivity contribution in [1.29, 1.82) is 0 Å². The highest BCUT2D eigenvalue weighted by molar-refractivity contribution is 5.89. The molecule has 0 aliphatic carbocycles. The molecule has 1 rings (SSSR count). The molecule has 0 bridgehead atoms. The third kappa shape index (κ3) is 6.11. The van der Waals surface area contributed by atoms with Crippen LogP contribution in [0.15, 0.2) is 18.3 Å². The lowest BCUT2D eigenvalue weighted by molar-refractivity contribution is -0.137. The van der Waals surface area contributed by atoms with Crippen molar-refractivity contribution in [1.82, 2.24) is 10.3 Å². The number of pyridine rings is 1. The predicted molar refractivity (Wildman–Crippen MR) is 78.4 cm³/mol. The van der Waals surface area contributed by atoms with Gasteiger partial charge in [0, 0.05) is 12.1 Å². The summed E-state index contributed by atoms with van der Waals surface area (Å²) >= 11 is 0. The number of anilines is 1. The number of carboxylic acids is 1. The lowest BCUT2D eigenvalue weighted by Gasteiger charge is -2.20. The number of ether oxygens (including phenoxy) is 1. The average Bonchev–Trinajstić information content (AvgIpc) is 2.40. The summed E-state index contributed by atoms with van der Waals surface area (Å²) in [5.41, 5.74) is 0.508. The van der Waals surface area contributed by atoms with Gasteiger partial charge in [-0.3, -0.25) is 4.79 Å². The number of hydrogen-bond donors (Lipinski definition) is 3. The summed E-state index contributed by atoms with van der Waals surface area (Å²) in [6.07, 6.45) is 1.36. The predicted octanol–water partition coefficient (Wildman–Crippen LogP) is 2.10. The molecule has 1 heterocycles. The second-order valence-corrected chi connectivity index (χ2v) is 4.86. The summed E-state index contributed by atoms with van der Waals surface area (Å²) < 4.78 is 5.20. The number of hydrogen-bond acceptors (Lipinski definition) is 4. The first-order chi connectivity index (χ1) is 9.92. The van der Waals surface area contributed by atoms with Gasteiger partial charge < -0.3 is 20.5 Å². The fourth-order valence-corrected chi connectivity index (χ4v) is 1.66. The van der Waals surface area contributed by atoms with Gasteiger partial charge in [0.1, 0.15) is 0 Å². The van der Waals surface area contributed by atoms with Crippen molar-refractivity contribution in [2.45, 2.75) is 33.2 Å². The number of carboxylic acid groups (broad SMARTS) is 1. The van der Waals surface area contributed by atoms with Gasteiger partial charge in [-0.25, -0.2) is 9.78 Å². The molecule has 0 aromatic carbocycles. The molecular weight excluding hydrogens is 274 g/mol. The zero-order valence-corrected chi connectivity index (χ0v) is 12.4. The van der Waals surface area contributed by atoms with E-state index in [2.05, 4.69) is 15.6 Å². The van der Waals surface area contributed by atoms with Crippen molar-refractivity contribution in [3.05, 3.63) is 18.3 Å². The maximum atomic E-state index is 11.8. The van der Waals surface area contributed by atoms with Gasteiger partial charge in [0.05, 0.1) is 24.9 Å². The lowest BCUT2D eigenvalue weighted by Crippen LogP contribution is -2.42. The van der Waals surface area contributed by atoms with E-state index in [1.54, 1.807) is 12.1 Å². The van der Waals surface area contributed by atoms with Gasteiger partial charge in [0.25, 0.3) is 0 Å². The van der Waals surface area contributed by atoms with Crippen molar-refractivity contribution < 1.29 is 19.4 Å². The van der Waals surface area contributed by atoms with E-state index in [1.807, 2.05) is 20.8 Å². The summed E-state index contributed by atoms with van der Waals surface area (Å²) in [7, 11) is 0. The number of nitrogens with one attached hydrogen (secondary N) is 2. The minimum Gasteiger partial charge on any atom is -0.481 e. The Morgan fingerprint density at radius 3 is 2.57 bits per heavy atom. The Hall–Kier alpha value is -2.31. The fourth-order valence-electron chi connectivity index (χ4n) is 1.66. The number of aromatic nitrogens is 1. The molecule has 0 fully saturated rings. The van der Waals surface area contributed by atoms with Crippen LogP contribution in [0.1, 0.15) is 27.2 Å². The normalized spacial score (nSPS) is 11.8. The molecule has 21 heavy (non-hydrogen) atoms.